The Morgan fingerprint density at radius 3 is 1.46 bits per heavy atom. The standard InChI is InChI=1S/C53H47N3S/c1-31-9-13-35(14-10-31)50-54-51(36-15-11-32(2)12-16-36)56-52(55-50)39-19-21-43-42-20-17-37(38-18-22-45-44-7-5-6-8-48(44)57(3,4)49(45)30-38)28-46(42)53(47(43)29-39)40-24-33-23-34(26-40)27-41(53)25-33/h5-22,28-30,33-34,40-41H,23-27H2,1-4H3. The van der Waals surface area contributed by atoms with Gasteiger partial charge in [-0.2, -0.15) is 10.0 Å². The molecule has 0 unspecified atom stereocenters. The molecule has 0 amide bonds. The number of benzene rings is 6. The Balaban J connectivity index is 1.02. The second kappa shape index (κ2) is 12.1. The molecule has 4 bridgehead atoms. The van der Waals surface area contributed by atoms with E-state index in [1.807, 2.05) is 0 Å². The molecule has 6 aliphatic rings. The molecule has 0 atom stereocenters. The van der Waals surface area contributed by atoms with Crippen molar-refractivity contribution in [2.75, 3.05) is 12.5 Å². The Labute approximate surface area is 338 Å². The summed E-state index contributed by atoms with van der Waals surface area (Å²) < 4.78 is 0. The zero-order chi connectivity index (χ0) is 38.2. The number of hydrogen-bond donors (Lipinski definition) is 0. The van der Waals surface area contributed by atoms with E-state index in [1.54, 1.807) is 5.56 Å². The van der Waals surface area contributed by atoms with Gasteiger partial charge in [-0.3, -0.25) is 0 Å². The van der Waals surface area contributed by atoms with Crippen LogP contribution in [0, 0.1) is 37.5 Å². The molecular formula is C53H47N3S. The lowest BCUT2D eigenvalue weighted by Crippen LogP contribution is -2.55. The van der Waals surface area contributed by atoms with Gasteiger partial charge in [-0.1, -0.05) is 114 Å². The first kappa shape index (κ1) is 33.8. The van der Waals surface area contributed by atoms with Crippen LogP contribution in [0.5, 0.6) is 0 Å². The van der Waals surface area contributed by atoms with Crippen molar-refractivity contribution in [2.45, 2.75) is 61.2 Å². The van der Waals surface area contributed by atoms with Crippen LogP contribution in [-0.2, 0) is 5.41 Å². The van der Waals surface area contributed by atoms with Gasteiger partial charge < -0.3 is 0 Å². The van der Waals surface area contributed by atoms with Gasteiger partial charge in [0.2, 0.25) is 0 Å². The van der Waals surface area contributed by atoms with Crippen molar-refractivity contribution in [3.05, 3.63) is 150 Å². The molecule has 1 aromatic heterocycles. The van der Waals surface area contributed by atoms with Crippen molar-refractivity contribution in [1.82, 2.24) is 15.0 Å². The van der Waals surface area contributed by atoms with Gasteiger partial charge in [0.15, 0.2) is 17.5 Å². The fraction of sp³-hybridized carbons (Fsp3) is 0.264. The molecule has 3 nitrogen and oxygen atoms in total. The first-order chi connectivity index (χ1) is 27.7. The molecule has 4 saturated carbocycles. The number of fused-ring (bicyclic) bond motifs is 6. The SMILES string of the molecule is Cc1ccc(-c2nc(-c3ccc(C)cc3)nc(-c3ccc4c(c3)C3(c5cc(-c6ccc7c(c6)S(C)(C)c6ccccc6-7)ccc5-4)C4CC5CC(C4)CC3C5)n2)cc1. The highest BCUT2D eigenvalue weighted by Crippen LogP contribution is 2.70. The second-order valence-corrected chi connectivity index (χ2v) is 21.8. The fourth-order valence-electron chi connectivity index (χ4n) is 12.3. The maximum absolute atomic E-state index is 5.23. The van der Waals surface area contributed by atoms with Gasteiger partial charge in [-0.15, -0.1) is 0 Å². The highest BCUT2D eigenvalue weighted by Gasteiger charge is 2.61. The smallest absolute Gasteiger partial charge is 0.164 e. The van der Waals surface area contributed by atoms with E-state index in [9.17, 15) is 0 Å². The molecule has 4 heteroatoms. The van der Waals surface area contributed by atoms with E-state index >= 15 is 0 Å². The van der Waals surface area contributed by atoms with Gasteiger partial charge in [0.25, 0.3) is 0 Å². The van der Waals surface area contributed by atoms with E-state index in [-0.39, 0.29) is 5.41 Å². The molecule has 57 heavy (non-hydrogen) atoms. The Bertz CT molecular complexity index is 2710. The van der Waals surface area contributed by atoms with Crippen LogP contribution < -0.4 is 0 Å². The number of aryl methyl sites for hydroxylation is 2. The number of hydrogen-bond acceptors (Lipinski definition) is 3. The summed E-state index contributed by atoms with van der Waals surface area (Å²) in [6, 6.07) is 48.2. The first-order valence-electron chi connectivity index (χ1n) is 20.9. The van der Waals surface area contributed by atoms with Crippen molar-refractivity contribution < 1.29 is 0 Å². The molecule has 5 aliphatic carbocycles. The van der Waals surface area contributed by atoms with E-state index in [0.717, 1.165) is 46.0 Å². The summed E-state index contributed by atoms with van der Waals surface area (Å²) in [5.74, 6) is 5.24. The van der Waals surface area contributed by atoms with Crippen LogP contribution in [0.3, 0.4) is 0 Å². The molecule has 4 fully saturated rings. The van der Waals surface area contributed by atoms with Gasteiger partial charge in [0.1, 0.15) is 0 Å². The van der Waals surface area contributed by atoms with Crippen molar-refractivity contribution in [3.8, 4) is 67.5 Å². The Morgan fingerprint density at radius 1 is 0.439 bits per heavy atom. The maximum atomic E-state index is 5.23. The quantitative estimate of drug-likeness (QED) is 0.179. The van der Waals surface area contributed by atoms with Crippen LogP contribution in [0.15, 0.2) is 137 Å². The highest BCUT2D eigenvalue weighted by molar-refractivity contribution is 8.33. The predicted octanol–water partition coefficient (Wildman–Crippen LogP) is 13.3. The molecule has 280 valence electrons. The summed E-state index contributed by atoms with van der Waals surface area (Å²) >= 11 is 0. The third-order valence-electron chi connectivity index (χ3n) is 14.8. The Hall–Kier alpha value is -5.32. The van der Waals surface area contributed by atoms with Gasteiger partial charge in [0, 0.05) is 31.9 Å². The molecule has 1 aliphatic heterocycles. The van der Waals surface area contributed by atoms with E-state index in [0.29, 0.717) is 11.8 Å². The third-order valence-corrected chi connectivity index (χ3v) is 17.6. The van der Waals surface area contributed by atoms with Crippen LogP contribution in [0.25, 0.3) is 67.5 Å². The van der Waals surface area contributed by atoms with Gasteiger partial charge in [0.05, 0.1) is 0 Å². The van der Waals surface area contributed by atoms with Gasteiger partial charge in [-0.05, 0) is 151 Å². The number of rotatable bonds is 4. The van der Waals surface area contributed by atoms with Crippen molar-refractivity contribution in [1.29, 1.82) is 0 Å². The van der Waals surface area contributed by atoms with Crippen LogP contribution in [0.4, 0.5) is 0 Å². The molecule has 0 N–H and O–H groups in total. The summed E-state index contributed by atoms with van der Waals surface area (Å²) in [5, 5.41) is 0. The second-order valence-electron chi connectivity index (χ2n) is 18.3. The molecule has 2 heterocycles. The average Bonchev–Trinajstić information content (AvgIpc) is 3.64. The minimum Gasteiger partial charge on any atom is -0.208 e. The Morgan fingerprint density at radius 2 is 0.877 bits per heavy atom. The summed E-state index contributed by atoms with van der Waals surface area (Å²) in [7, 11) is -1.08. The normalized spacial score (nSPS) is 24.6. The topological polar surface area (TPSA) is 38.7 Å². The molecule has 13 rings (SSSR count). The zero-order valence-electron chi connectivity index (χ0n) is 33.2. The van der Waals surface area contributed by atoms with Crippen molar-refractivity contribution in [3.63, 3.8) is 0 Å². The van der Waals surface area contributed by atoms with Crippen LogP contribution >= 0.6 is 10.0 Å². The summed E-state index contributed by atoms with van der Waals surface area (Å²) in [4.78, 5) is 18.6. The lowest BCUT2D eigenvalue weighted by atomic mass is 9.43. The van der Waals surface area contributed by atoms with E-state index in [1.165, 1.54) is 92.0 Å². The summed E-state index contributed by atoms with van der Waals surface area (Å²) in [6.07, 6.45) is 11.8. The number of nitrogens with zero attached hydrogens (tertiary/aromatic N) is 3. The molecule has 0 radical (unpaired) electrons. The van der Waals surface area contributed by atoms with Crippen molar-refractivity contribution in [2.24, 2.45) is 23.7 Å². The Kier molecular flexibility index (Phi) is 7.17. The van der Waals surface area contributed by atoms with E-state index in [2.05, 4.69) is 154 Å². The molecule has 7 aromatic rings. The third kappa shape index (κ3) is 4.89. The predicted molar refractivity (Wildman–Crippen MR) is 236 cm³/mol. The monoisotopic (exact) mass is 757 g/mol. The lowest BCUT2D eigenvalue weighted by Gasteiger charge is -2.61. The number of aromatic nitrogens is 3. The zero-order valence-corrected chi connectivity index (χ0v) is 34.0. The summed E-state index contributed by atoms with van der Waals surface area (Å²) in [6.45, 7) is 4.25. The molecule has 1 spiro atoms. The maximum Gasteiger partial charge on any atom is 0.164 e. The van der Waals surface area contributed by atoms with Gasteiger partial charge in [-0.25, -0.2) is 15.0 Å². The molecule has 6 aromatic carbocycles. The minimum absolute atomic E-state index is 0.00813. The average molecular weight is 758 g/mol. The van der Waals surface area contributed by atoms with Crippen LogP contribution in [0.1, 0.15) is 54.4 Å². The van der Waals surface area contributed by atoms with Crippen molar-refractivity contribution >= 4 is 10.0 Å². The molecular weight excluding hydrogens is 711 g/mol. The highest BCUT2D eigenvalue weighted by atomic mass is 32.3. The largest absolute Gasteiger partial charge is 0.208 e. The minimum atomic E-state index is -1.08. The summed E-state index contributed by atoms with van der Waals surface area (Å²) in [5.41, 5.74) is 17.0. The van der Waals surface area contributed by atoms with E-state index < -0.39 is 10.0 Å². The first-order valence-corrected chi connectivity index (χ1v) is 23.4. The van der Waals surface area contributed by atoms with Gasteiger partial charge >= 0.3 is 0 Å². The fourth-order valence-corrected chi connectivity index (χ4v) is 14.8. The van der Waals surface area contributed by atoms with E-state index in [4.69, 9.17) is 15.0 Å². The van der Waals surface area contributed by atoms with Crippen LogP contribution in [-0.4, -0.2) is 27.5 Å². The van der Waals surface area contributed by atoms with Crippen LogP contribution in [0.2, 0.25) is 0 Å². The lowest BCUT2D eigenvalue weighted by molar-refractivity contribution is -0.0399. The molecule has 0 saturated heterocycles.